The van der Waals surface area contributed by atoms with Gasteiger partial charge in [0.15, 0.2) is 0 Å². The number of hydrogen-bond acceptors (Lipinski definition) is 6. The fraction of sp³-hybridized carbons (Fsp3) is 0.316. The van der Waals surface area contributed by atoms with Crippen molar-refractivity contribution in [1.29, 1.82) is 0 Å². The molecule has 1 atom stereocenters. The van der Waals surface area contributed by atoms with Crippen molar-refractivity contribution in [3.05, 3.63) is 59.6 Å². The summed E-state index contributed by atoms with van der Waals surface area (Å²) in [6.07, 6.45) is 6.98. The van der Waals surface area contributed by atoms with Crippen LogP contribution in [0.15, 0.2) is 42.7 Å². The third kappa shape index (κ3) is 6.76. The predicted octanol–water partition coefficient (Wildman–Crippen LogP) is 2.83. The lowest BCUT2D eigenvalue weighted by Crippen LogP contribution is -2.26. The highest BCUT2D eigenvalue weighted by atomic mass is 35.5. The molecule has 0 aliphatic carbocycles. The van der Waals surface area contributed by atoms with Gasteiger partial charge in [-0.25, -0.2) is 10.5 Å². The number of likely N-dealkylation sites (tertiary alicyclic amines) is 1. The third-order valence-electron chi connectivity index (χ3n) is 4.47. The monoisotopic (exact) mass is 425 g/mol. The standard InChI is InChI=1S/C19H23N5O2.2ClH/c1-14-4-2-3-5-15(14)12-24-9-8-17(13-24)22-18-11-20-16(10-21-18)6-7-19(25)23-26;;/h2-7,10-11,17,26H,8-9,12-13H2,1H3,(H,21,22)(H,23,25);2*1H/b7-6+;;/t17-;;/m1../s1. The maximum absolute atomic E-state index is 11.0. The molecule has 0 radical (unpaired) electrons. The molecule has 1 fully saturated rings. The van der Waals surface area contributed by atoms with Gasteiger partial charge < -0.3 is 5.32 Å². The molecule has 0 saturated carbocycles. The van der Waals surface area contributed by atoms with Gasteiger partial charge in [-0.15, -0.1) is 24.8 Å². The van der Waals surface area contributed by atoms with Crippen LogP contribution in [0.25, 0.3) is 6.08 Å². The van der Waals surface area contributed by atoms with E-state index in [2.05, 4.69) is 51.4 Å². The van der Waals surface area contributed by atoms with Crippen LogP contribution in [0, 0.1) is 6.92 Å². The summed E-state index contributed by atoms with van der Waals surface area (Å²) in [5.41, 5.74) is 4.78. The van der Waals surface area contributed by atoms with Crippen LogP contribution in [-0.2, 0) is 11.3 Å². The number of amides is 1. The van der Waals surface area contributed by atoms with E-state index in [0.717, 1.165) is 31.9 Å². The number of carbonyl (C=O) groups excluding carboxylic acids is 1. The predicted molar refractivity (Wildman–Crippen MR) is 114 cm³/mol. The van der Waals surface area contributed by atoms with Crippen LogP contribution in [0.2, 0.25) is 0 Å². The summed E-state index contributed by atoms with van der Waals surface area (Å²) in [5, 5.41) is 11.9. The zero-order valence-electron chi connectivity index (χ0n) is 15.5. The Morgan fingerprint density at radius 3 is 2.75 bits per heavy atom. The Kier molecular flexibility index (Phi) is 9.89. The van der Waals surface area contributed by atoms with Gasteiger partial charge in [-0.1, -0.05) is 24.3 Å². The van der Waals surface area contributed by atoms with E-state index < -0.39 is 5.91 Å². The van der Waals surface area contributed by atoms with Crippen LogP contribution >= 0.6 is 24.8 Å². The van der Waals surface area contributed by atoms with Gasteiger partial charge in [-0.3, -0.25) is 19.9 Å². The molecule has 0 bridgehead atoms. The van der Waals surface area contributed by atoms with E-state index in [9.17, 15) is 4.79 Å². The minimum absolute atomic E-state index is 0. The molecule has 152 valence electrons. The van der Waals surface area contributed by atoms with E-state index in [1.165, 1.54) is 28.8 Å². The number of nitrogens with one attached hydrogen (secondary N) is 2. The van der Waals surface area contributed by atoms with Crippen molar-refractivity contribution in [2.75, 3.05) is 18.4 Å². The molecule has 2 aromatic rings. The number of benzene rings is 1. The number of hydrogen-bond donors (Lipinski definition) is 3. The Bertz CT molecular complexity index is 786. The van der Waals surface area contributed by atoms with E-state index in [1.54, 1.807) is 12.4 Å². The second kappa shape index (κ2) is 11.6. The molecule has 7 nitrogen and oxygen atoms in total. The van der Waals surface area contributed by atoms with Crippen molar-refractivity contribution in [1.82, 2.24) is 20.3 Å². The number of aromatic nitrogens is 2. The fourth-order valence-electron chi connectivity index (χ4n) is 3.03. The zero-order valence-corrected chi connectivity index (χ0v) is 17.2. The quantitative estimate of drug-likeness (QED) is 0.374. The number of rotatable bonds is 6. The number of aryl methyl sites for hydroxylation is 1. The third-order valence-corrected chi connectivity index (χ3v) is 4.47. The largest absolute Gasteiger partial charge is 0.365 e. The Morgan fingerprint density at radius 1 is 1.29 bits per heavy atom. The van der Waals surface area contributed by atoms with E-state index in [1.807, 2.05) is 0 Å². The lowest BCUT2D eigenvalue weighted by molar-refractivity contribution is -0.124. The first-order valence-corrected chi connectivity index (χ1v) is 8.61. The molecule has 2 heterocycles. The summed E-state index contributed by atoms with van der Waals surface area (Å²) in [4.78, 5) is 22.0. The molecule has 1 aliphatic rings. The second-order valence-electron chi connectivity index (χ2n) is 6.43. The Morgan fingerprint density at radius 2 is 2.07 bits per heavy atom. The number of anilines is 1. The van der Waals surface area contributed by atoms with Gasteiger partial charge in [0.25, 0.3) is 5.91 Å². The van der Waals surface area contributed by atoms with Crippen molar-refractivity contribution >= 4 is 42.6 Å². The molecule has 1 aliphatic heterocycles. The SMILES string of the molecule is Cc1ccccc1CN1CC[C@@H](Nc2cnc(/C=C/C(=O)NO)cn2)C1.Cl.Cl. The van der Waals surface area contributed by atoms with Gasteiger partial charge in [0, 0.05) is 31.8 Å². The lowest BCUT2D eigenvalue weighted by atomic mass is 10.1. The van der Waals surface area contributed by atoms with Crippen molar-refractivity contribution in [3.8, 4) is 0 Å². The molecular weight excluding hydrogens is 401 g/mol. The fourth-order valence-corrected chi connectivity index (χ4v) is 3.03. The smallest absolute Gasteiger partial charge is 0.267 e. The first-order chi connectivity index (χ1) is 12.6. The summed E-state index contributed by atoms with van der Waals surface area (Å²) in [6.45, 7) is 5.13. The molecule has 3 rings (SSSR count). The second-order valence-corrected chi connectivity index (χ2v) is 6.43. The van der Waals surface area contributed by atoms with Crippen LogP contribution in [0.4, 0.5) is 5.82 Å². The first kappa shape index (κ1) is 23.8. The van der Waals surface area contributed by atoms with Gasteiger partial charge in [0.1, 0.15) is 5.82 Å². The molecule has 1 amide bonds. The van der Waals surface area contributed by atoms with Gasteiger partial charge in [-0.05, 0) is 30.5 Å². The zero-order chi connectivity index (χ0) is 18.4. The Balaban J connectivity index is 0.00000196. The topological polar surface area (TPSA) is 90.4 Å². The number of halogens is 2. The summed E-state index contributed by atoms with van der Waals surface area (Å²) < 4.78 is 0. The molecule has 0 unspecified atom stereocenters. The molecule has 9 heteroatoms. The first-order valence-electron chi connectivity index (χ1n) is 8.61. The molecule has 1 aromatic carbocycles. The van der Waals surface area contributed by atoms with Crippen LogP contribution in [0.1, 0.15) is 23.2 Å². The van der Waals surface area contributed by atoms with Crippen LogP contribution in [-0.4, -0.2) is 45.1 Å². The molecule has 1 aromatic heterocycles. The average molecular weight is 426 g/mol. The highest BCUT2D eigenvalue weighted by Crippen LogP contribution is 2.18. The minimum atomic E-state index is -0.603. The maximum Gasteiger partial charge on any atom is 0.267 e. The molecule has 1 saturated heterocycles. The Hall–Kier alpha value is -2.19. The van der Waals surface area contributed by atoms with E-state index in [4.69, 9.17) is 5.21 Å². The van der Waals surface area contributed by atoms with Gasteiger partial charge in [-0.2, -0.15) is 0 Å². The normalized spacial score (nSPS) is 16.3. The minimum Gasteiger partial charge on any atom is -0.365 e. The van der Waals surface area contributed by atoms with E-state index >= 15 is 0 Å². The number of carbonyl (C=O) groups is 1. The van der Waals surface area contributed by atoms with Crippen molar-refractivity contribution < 1.29 is 10.0 Å². The van der Waals surface area contributed by atoms with E-state index in [-0.39, 0.29) is 24.8 Å². The molecule has 28 heavy (non-hydrogen) atoms. The van der Waals surface area contributed by atoms with Crippen molar-refractivity contribution in [2.45, 2.75) is 25.9 Å². The summed E-state index contributed by atoms with van der Waals surface area (Å²) in [7, 11) is 0. The van der Waals surface area contributed by atoms with Gasteiger partial charge in [0.05, 0.1) is 18.1 Å². The molecule has 3 N–H and O–H groups in total. The Labute approximate surface area is 177 Å². The van der Waals surface area contributed by atoms with Gasteiger partial charge >= 0.3 is 0 Å². The van der Waals surface area contributed by atoms with Crippen LogP contribution in [0.3, 0.4) is 0 Å². The van der Waals surface area contributed by atoms with Crippen molar-refractivity contribution in [2.24, 2.45) is 0 Å². The van der Waals surface area contributed by atoms with Crippen LogP contribution < -0.4 is 10.8 Å². The number of hydroxylamine groups is 1. The molecule has 0 spiro atoms. The van der Waals surface area contributed by atoms with E-state index in [0.29, 0.717) is 11.7 Å². The molecular formula is C19H25Cl2N5O2. The summed E-state index contributed by atoms with van der Waals surface area (Å²) in [6, 6.07) is 8.84. The average Bonchev–Trinajstić information content (AvgIpc) is 3.09. The van der Waals surface area contributed by atoms with Crippen LogP contribution in [0.5, 0.6) is 0 Å². The highest BCUT2D eigenvalue weighted by molar-refractivity contribution is 5.90. The van der Waals surface area contributed by atoms with Crippen molar-refractivity contribution in [3.63, 3.8) is 0 Å². The maximum atomic E-state index is 11.0. The van der Waals surface area contributed by atoms with Gasteiger partial charge in [0.2, 0.25) is 0 Å². The summed E-state index contributed by atoms with van der Waals surface area (Å²) in [5.74, 6) is 0.116. The lowest BCUT2D eigenvalue weighted by Gasteiger charge is -2.18. The summed E-state index contributed by atoms with van der Waals surface area (Å²) >= 11 is 0. The highest BCUT2D eigenvalue weighted by Gasteiger charge is 2.22. The number of nitrogens with zero attached hydrogens (tertiary/aromatic N) is 3.